The predicted octanol–water partition coefficient (Wildman–Crippen LogP) is 4.96. The lowest BCUT2D eigenvalue weighted by Gasteiger charge is -2.08. The topological polar surface area (TPSA) is 79.8 Å². The smallest absolute Gasteiger partial charge is 0.277 e. The van der Waals surface area contributed by atoms with Crippen LogP contribution in [0.3, 0.4) is 0 Å². The Morgan fingerprint density at radius 2 is 1.86 bits per heavy atom. The van der Waals surface area contributed by atoms with Gasteiger partial charge in [0.25, 0.3) is 5.91 Å². The van der Waals surface area contributed by atoms with Crippen molar-refractivity contribution in [2.24, 2.45) is 5.10 Å². The van der Waals surface area contributed by atoms with E-state index in [1.54, 1.807) is 31.2 Å². The van der Waals surface area contributed by atoms with Gasteiger partial charge in [0.05, 0.1) is 20.9 Å². The molecule has 2 amide bonds. The minimum Gasteiger partial charge on any atom is -0.483 e. The van der Waals surface area contributed by atoms with Crippen molar-refractivity contribution in [1.29, 1.82) is 0 Å². The monoisotopic (exact) mass is 485 g/mol. The van der Waals surface area contributed by atoms with E-state index < -0.39 is 5.91 Å². The molecule has 0 bridgehead atoms. The molecule has 0 fully saturated rings. The van der Waals surface area contributed by atoms with Crippen LogP contribution in [0.15, 0.2) is 46.0 Å². The maximum absolute atomic E-state index is 12.0. The molecule has 0 spiro atoms. The average molecular weight is 487 g/mol. The van der Waals surface area contributed by atoms with Crippen molar-refractivity contribution >= 4 is 62.3 Å². The molecule has 0 aliphatic heterocycles. The Morgan fingerprint density at radius 3 is 2.54 bits per heavy atom. The first-order chi connectivity index (χ1) is 13.2. The highest BCUT2D eigenvalue weighted by molar-refractivity contribution is 9.10. The minimum atomic E-state index is -0.434. The minimum absolute atomic E-state index is 0.00485. The standard InChI is InChI=1S/C19H18BrCl2N3O3/c1-11-3-6-17(14(20)7-11)28-10-19(27)25-24-12(2)8-18(26)23-13-4-5-15(21)16(22)9-13/h3-7,9H,8,10H2,1-2H3,(H,23,26)(H,25,27)/b24-12-. The third-order valence-corrected chi connectivity index (χ3v) is 4.80. The first-order valence-electron chi connectivity index (χ1n) is 8.20. The van der Waals surface area contributed by atoms with Gasteiger partial charge < -0.3 is 10.1 Å². The lowest BCUT2D eigenvalue weighted by molar-refractivity contribution is -0.123. The summed E-state index contributed by atoms with van der Waals surface area (Å²) < 4.78 is 6.20. The van der Waals surface area contributed by atoms with Crippen LogP contribution < -0.4 is 15.5 Å². The number of benzene rings is 2. The van der Waals surface area contributed by atoms with Crippen molar-refractivity contribution in [3.05, 3.63) is 56.5 Å². The van der Waals surface area contributed by atoms with Crippen LogP contribution in [-0.2, 0) is 9.59 Å². The van der Waals surface area contributed by atoms with Crippen molar-refractivity contribution in [3.8, 4) is 5.75 Å². The van der Waals surface area contributed by atoms with Crippen LogP contribution in [0.2, 0.25) is 10.0 Å². The van der Waals surface area contributed by atoms with Crippen LogP contribution in [0.4, 0.5) is 5.69 Å². The van der Waals surface area contributed by atoms with Crippen molar-refractivity contribution in [2.75, 3.05) is 11.9 Å². The van der Waals surface area contributed by atoms with E-state index in [1.165, 1.54) is 0 Å². The zero-order valence-corrected chi connectivity index (χ0v) is 18.3. The molecule has 2 aromatic carbocycles. The number of carbonyl (C=O) groups is 2. The fourth-order valence-corrected chi connectivity index (χ4v) is 3.01. The first-order valence-corrected chi connectivity index (χ1v) is 9.75. The number of hydrazone groups is 1. The maximum atomic E-state index is 12.0. The Morgan fingerprint density at radius 1 is 1.11 bits per heavy atom. The van der Waals surface area contributed by atoms with Gasteiger partial charge in [0.1, 0.15) is 5.75 Å². The zero-order valence-electron chi connectivity index (χ0n) is 15.2. The molecule has 148 valence electrons. The SMILES string of the molecule is C/C(CC(=O)Nc1ccc(Cl)c(Cl)c1)=N/NC(=O)COc1ccc(C)cc1Br. The van der Waals surface area contributed by atoms with Crippen molar-refractivity contribution in [3.63, 3.8) is 0 Å². The molecule has 2 N–H and O–H groups in total. The van der Waals surface area contributed by atoms with Gasteiger partial charge in [-0.1, -0.05) is 29.3 Å². The molecule has 0 unspecified atom stereocenters. The Labute approximate surface area is 181 Å². The largest absolute Gasteiger partial charge is 0.483 e. The van der Waals surface area contributed by atoms with E-state index >= 15 is 0 Å². The second kappa shape index (κ2) is 10.5. The fraction of sp³-hybridized carbons (Fsp3) is 0.211. The maximum Gasteiger partial charge on any atom is 0.277 e. The van der Waals surface area contributed by atoms with Gasteiger partial charge >= 0.3 is 0 Å². The highest BCUT2D eigenvalue weighted by Crippen LogP contribution is 2.26. The zero-order chi connectivity index (χ0) is 20.7. The molecule has 0 saturated heterocycles. The number of hydrogen-bond acceptors (Lipinski definition) is 4. The molecular formula is C19H18BrCl2N3O3. The summed E-state index contributed by atoms with van der Waals surface area (Å²) in [5.74, 6) is -0.173. The number of ether oxygens (including phenoxy) is 1. The molecule has 0 saturated carbocycles. The number of hydrogen-bond donors (Lipinski definition) is 2. The molecular weight excluding hydrogens is 469 g/mol. The summed E-state index contributed by atoms with van der Waals surface area (Å²) in [4.78, 5) is 23.9. The second-order valence-corrected chi connectivity index (χ2v) is 7.63. The molecule has 0 aliphatic rings. The summed E-state index contributed by atoms with van der Waals surface area (Å²) in [6, 6.07) is 10.3. The number of nitrogens with zero attached hydrogens (tertiary/aromatic N) is 1. The van der Waals surface area contributed by atoms with E-state index in [9.17, 15) is 9.59 Å². The van der Waals surface area contributed by atoms with E-state index in [0.29, 0.717) is 27.2 Å². The normalized spacial score (nSPS) is 11.1. The van der Waals surface area contributed by atoms with Crippen molar-refractivity contribution in [2.45, 2.75) is 20.3 Å². The molecule has 9 heteroatoms. The highest BCUT2D eigenvalue weighted by atomic mass is 79.9. The van der Waals surface area contributed by atoms with E-state index in [4.69, 9.17) is 27.9 Å². The Bertz CT molecular complexity index is 919. The first kappa shape index (κ1) is 22.2. The van der Waals surface area contributed by atoms with Gasteiger partial charge in [-0.2, -0.15) is 5.10 Å². The number of halogens is 3. The van der Waals surface area contributed by atoms with Crippen LogP contribution in [0, 0.1) is 6.92 Å². The third-order valence-electron chi connectivity index (χ3n) is 3.44. The Kier molecular flexibility index (Phi) is 8.29. The summed E-state index contributed by atoms with van der Waals surface area (Å²) in [6.45, 7) is 3.39. The Balaban J connectivity index is 1.79. The predicted molar refractivity (Wildman–Crippen MR) is 115 cm³/mol. The van der Waals surface area contributed by atoms with Crippen LogP contribution in [-0.4, -0.2) is 24.1 Å². The van der Waals surface area contributed by atoms with Gasteiger partial charge in [0, 0.05) is 11.4 Å². The number of nitrogens with one attached hydrogen (secondary N) is 2. The molecule has 2 rings (SSSR count). The average Bonchev–Trinajstić information content (AvgIpc) is 2.62. The van der Waals surface area contributed by atoms with E-state index in [1.807, 2.05) is 19.1 Å². The Hall–Kier alpha value is -2.09. The molecule has 0 atom stereocenters. The lowest BCUT2D eigenvalue weighted by atomic mass is 10.2. The third kappa shape index (κ3) is 7.14. The van der Waals surface area contributed by atoms with E-state index in [-0.39, 0.29) is 18.9 Å². The van der Waals surface area contributed by atoms with Gasteiger partial charge in [-0.15, -0.1) is 0 Å². The number of aryl methyl sites for hydroxylation is 1. The quantitative estimate of drug-likeness (QED) is 0.428. The molecule has 0 radical (unpaired) electrons. The number of rotatable bonds is 7. The van der Waals surface area contributed by atoms with E-state index in [2.05, 4.69) is 31.8 Å². The van der Waals surface area contributed by atoms with Gasteiger partial charge in [-0.3, -0.25) is 9.59 Å². The summed E-state index contributed by atoms with van der Waals surface area (Å²) in [5.41, 5.74) is 4.39. The molecule has 6 nitrogen and oxygen atoms in total. The summed E-state index contributed by atoms with van der Waals surface area (Å²) in [6.07, 6.45) is 0.00485. The van der Waals surface area contributed by atoms with Gasteiger partial charge in [-0.05, 0) is 65.7 Å². The van der Waals surface area contributed by atoms with Gasteiger partial charge in [0.2, 0.25) is 5.91 Å². The van der Waals surface area contributed by atoms with Crippen LogP contribution in [0.25, 0.3) is 0 Å². The number of carbonyl (C=O) groups excluding carboxylic acids is 2. The fourth-order valence-electron chi connectivity index (χ4n) is 2.11. The van der Waals surface area contributed by atoms with Gasteiger partial charge in [-0.25, -0.2) is 5.43 Å². The summed E-state index contributed by atoms with van der Waals surface area (Å²) in [5, 5.41) is 7.33. The number of amides is 2. The highest BCUT2D eigenvalue weighted by Gasteiger charge is 2.08. The molecule has 0 aliphatic carbocycles. The van der Waals surface area contributed by atoms with Crippen LogP contribution >= 0.6 is 39.1 Å². The second-order valence-electron chi connectivity index (χ2n) is 5.96. The lowest BCUT2D eigenvalue weighted by Crippen LogP contribution is -2.26. The molecule has 28 heavy (non-hydrogen) atoms. The van der Waals surface area contributed by atoms with Gasteiger partial charge in [0.15, 0.2) is 6.61 Å². The number of anilines is 1. The molecule has 2 aromatic rings. The molecule has 0 heterocycles. The van der Waals surface area contributed by atoms with Crippen LogP contribution in [0.1, 0.15) is 18.9 Å². The molecule has 0 aromatic heterocycles. The van der Waals surface area contributed by atoms with Crippen LogP contribution in [0.5, 0.6) is 5.75 Å². The summed E-state index contributed by atoms with van der Waals surface area (Å²) in [7, 11) is 0. The van der Waals surface area contributed by atoms with E-state index in [0.717, 1.165) is 10.0 Å². The summed E-state index contributed by atoms with van der Waals surface area (Å²) >= 11 is 15.1. The van der Waals surface area contributed by atoms with Crippen molar-refractivity contribution < 1.29 is 14.3 Å². The van der Waals surface area contributed by atoms with Crippen molar-refractivity contribution in [1.82, 2.24) is 5.43 Å².